The zero-order valence-corrected chi connectivity index (χ0v) is 12.7. The van der Waals surface area contributed by atoms with Gasteiger partial charge in [-0.2, -0.15) is 0 Å². The summed E-state index contributed by atoms with van der Waals surface area (Å²) in [5, 5.41) is 20.5. The molecule has 1 aliphatic carbocycles. The Bertz CT molecular complexity index is 683. The molecule has 3 rings (SSSR count). The summed E-state index contributed by atoms with van der Waals surface area (Å²) in [6.45, 7) is 1.60. The molecule has 0 fully saturated rings. The van der Waals surface area contributed by atoms with Gasteiger partial charge in [0, 0.05) is 6.42 Å². The van der Waals surface area contributed by atoms with Crippen molar-refractivity contribution in [1.82, 2.24) is 0 Å². The summed E-state index contributed by atoms with van der Waals surface area (Å²) < 4.78 is 11.3. The Balaban J connectivity index is 2.00. The molecule has 0 saturated heterocycles. The van der Waals surface area contributed by atoms with E-state index in [0.29, 0.717) is 12.2 Å². The summed E-state index contributed by atoms with van der Waals surface area (Å²) in [5.74, 6) is 1.44. The molecule has 2 aromatic rings. The molecule has 0 aromatic heterocycles. The fraction of sp³-hybridized carbons (Fsp3) is 0.333. The van der Waals surface area contributed by atoms with Crippen LogP contribution >= 0.6 is 0 Å². The summed E-state index contributed by atoms with van der Waals surface area (Å²) in [6, 6.07) is 13.3. The molecule has 2 N–H and O–H groups in total. The van der Waals surface area contributed by atoms with Crippen molar-refractivity contribution in [2.24, 2.45) is 0 Å². The van der Waals surface area contributed by atoms with Crippen molar-refractivity contribution in [1.29, 1.82) is 0 Å². The zero-order valence-electron chi connectivity index (χ0n) is 12.7. The predicted octanol–water partition coefficient (Wildman–Crippen LogP) is 2.40. The minimum absolute atomic E-state index is 0.340. The average molecular weight is 300 g/mol. The molecule has 0 radical (unpaired) electrons. The molecule has 0 spiro atoms. The topological polar surface area (TPSA) is 58.9 Å². The van der Waals surface area contributed by atoms with E-state index in [1.165, 1.54) is 0 Å². The first-order valence-corrected chi connectivity index (χ1v) is 7.30. The number of ether oxygens (including phenoxy) is 2. The lowest BCUT2D eigenvalue weighted by Gasteiger charge is -2.29. The molecule has 0 aliphatic heterocycles. The number of aryl methyl sites for hydroxylation is 1. The SMILES string of the molecule is COc1ccc2c(c1)C[C@@](O)(CO)[C@H]2Oc1ccccc1C. The minimum atomic E-state index is -1.32. The van der Waals surface area contributed by atoms with Gasteiger partial charge >= 0.3 is 0 Å². The Kier molecular flexibility index (Phi) is 3.81. The minimum Gasteiger partial charge on any atom is -0.497 e. The summed E-state index contributed by atoms with van der Waals surface area (Å²) in [5.41, 5.74) is 1.50. The first kappa shape index (κ1) is 14.9. The maximum atomic E-state index is 10.8. The Labute approximate surface area is 129 Å². The summed E-state index contributed by atoms with van der Waals surface area (Å²) in [7, 11) is 1.61. The van der Waals surface area contributed by atoms with Gasteiger partial charge in [-0.1, -0.05) is 24.3 Å². The third-order valence-electron chi connectivity index (χ3n) is 4.23. The van der Waals surface area contributed by atoms with Crippen LogP contribution in [0.1, 0.15) is 22.8 Å². The van der Waals surface area contributed by atoms with Crippen LogP contribution in [-0.2, 0) is 6.42 Å². The van der Waals surface area contributed by atoms with Gasteiger partial charge < -0.3 is 19.7 Å². The lowest BCUT2D eigenvalue weighted by atomic mass is 9.98. The molecule has 1 aliphatic rings. The van der Waals surface area contributed by atoms with E-state index in [-0.39, 0.29) is 6.61 Å². The fourth-order valence-electron chi connectivity index (χ4n) is 2.96. The number of hydrogen-bond donors (Lipinski definition) is 2. The van der Waals surface area contributed by atoms with Crippen LogP contribution in [0.5, 0.6) is 11.5 Å². The second kappa shape index (κ2) is 5.63. The molecule has 0 amide bonds. The smallest absolute Gasteiger partial charge is 0.155 e. The lowest BCUT2D eigenvalue weighted by Crippen LogP contribution is -2.40. The van der Waals surface area contributed by atoms with Crippen LogP contribution in [-0.4, -0.2) is 29.5 Å². The van der Waals surface area contributed by atoms with E-state index in [1.807, 2.05) is 49.4 Å². The Hall–Kier alpha value is -2.04. The van der Waals surface area contributed by atoms with Gasteiger partial charge in [0.2, 0.25) is 0 Å². The van der Waals surface area contributed by atoms with Crippen molar-refractivity contribution < 1.29 is 19.7 Å². The van der Waals surface area contributed by atoms with E-state index >= 15 is 0 Å². The number of hydrogen-bond acceptors (Lipinski definition) is 4. The number of benzene rings is 2. The van der Waals surface area contributed by atoms with E-state index < -0.39 is 11.7 Å². The van der Waals surface area contributed by atoms with Crippen LogP contribution in [0.3, 0.4) is 0 Å². The average Bonchev–Trinajstić information content (AvgIpc) is 2.81. The molecule has 4 nitrogen and oxygen atoms in total. The van der Waals surface area contributed by atoms with Gasteiger partial charge in [0.15, 0.2) is 6.10 Å². The number of aliphatic hydroxyl groups excluding tert-OH is 1. The number of para-hydroxylation sites is 1. The highest BCUT2D eigenvalue weighted by molar-refractivity contribution is 5.44. The highest BCUT2D eigenvalue weighted by Gasteiger charge is 2.46. The standard InChI is InChI=1S/C18H20O4/c1-12-5-3-4-6-16(12)22-17-15-8-7-14(21-2)9-13(15)10-18(17,20)11-19/h3-9,17,19-20H,10-11H2,1-2H3/t17-,18+/m0/s1. The number of fused-ring (bicyclic) bond motifs is 1. The molecule has 22 heavy (non-hydrogen) atoms. The van der Waals surface area contributed by atoms with Crippen LogP contribution in [0.25, 0.3) is 0 Å². The van der Waals surface area contributed by atoms with E-state index in [0.717, 1.165) is 22.4 Å². The summed E-state index contributed by atoms with van der Waals surface area (Å²) in [6.07, 6.45) is -0.258. The zero-order chi connectivity index (χ0) is 15.7. The van der Waals surface area contributed by atoms with E-state index in [4.69, 9.17) is 9.47 Å². The molecule has 0 bridgehead atoms. The third-order valence-corrected chi connectivity index (χ3v) is 4.23. The Morgan fingerprint density at radius 3 is 2.68 bits per heavy atom. The molecule has 2 aromatic carbocycles. The van der Waals surface area contributed by atoms with Crippen molar-refractivity contribution in [2.75, 3.05) is 13.7 Å². The van der Waals surface area contributed by atoms with Crippen LogP contribution in [0.2, 0.25) is 0 Å². The summed E-state index contributed by atoms with van der Waals surface area (Å²) >= 11 is 0. The fourth-order valence-corrected chi connectivity index (χ4v) is 2.96. The van der Waals surface area contributed by atoms with E-state index in [9.17, 15) is 10.2 Å². The van der Waals surface area contributed by atoms with Gasteiger partial charge in [-0.25, -0.2) is 0 Å². The van der Waals surface area contributed by atoms with Gasteiger partial charge in [-0.15, -0.1) is 0 Å². The van der Waals surface area contributed by atoms with Crippen LogP contribution < -0.4 is 9.47 Å². The predicted molar refractivity (Wildman–Crippen MR) is 83.3 cm³/mol. The van der Waals surface area contributed by atoms with Crippen molar-refractivity contribution in [3.05, 3.63) is 59.2 Å². The van der Waals surface area contributed by atoms with Gasteiger partial charge in [-0.05, 0) is 41.8 Å². The van der Waals surface area contributed by atoms with Crippen LogP contribution in [0.15, 0.2) is 42.5 Å². The van der Waals surface area contributed by atoms with Crippen LogP contribution in [0.4, 0.5) is 0 Å². The molecular weight excluding hydrogens is 280 g/mol. The van der Waals surface area contributed by atoms with Gasteiger partial charge in [-0.3, -0.25) is 0 Å². The highest BCUT2D eigenvalue weighted by atomic mass is 16.5. The molecular formula is C18H20O4. The molecule has 4 heteroatoms. The van der Waals surface area contributed by atoms with Gasteiger partial charge in [0.1, 0.15) is 17.1 Å². The quantitative estimate of drug-likeness (QED) is 0.910. The normalized spacial score (nSPS) is 23.2. The van der Waals surface area contributed by atoms with E-state index in [1.54, 1.807) is 7.11 Å². The third kappa shape index (κ3) is 2.45. The number of methoxy groups -OCH3 is 1. The van der Waals surface area contributed by atoms with E-state index in [2.05, 4.69) is 0 Å². The molecule has 2 atom stereocenters. The van der Waals surface area contributed by atoms with Crippen molar-refractivity contribution in [3.8, 4) is 11.5 Å². The molecule has 116 valence electrons. The first-order valence-electron chi connectivity index (χ1n) is 7.30. The molecule has 0 heterocycles. The summed E-state index contributed by atoms with van der Waals surface area (Å²) in [4.78, 5) is 0. The van der Waals surface area contributed by atoms with Gasteiger partial charge in [0.25, 0.3) is 0 Å². The van der Waals surface area contributed by atoms with Crippen molar-refractivity contribution in [3.63, 3.8) is 0 Å². The second-order valence-corrected chi connectivity index (χ2v) is 5.77. The molecule has 0 unspecified atom stereocenters. The Morgan fingerprint density at radius 2 is 2.00 bits per heavy atom. The second-order valence-electron chi connectivity index (χ2n) is 5.77. The van der Waals surface area contributed by atoms with Gasteiger partial charge in [0.05, 0.1) is 13.7 Å². The van der Waals surface area contributed by atoms with Crippen molar-refractivity contribution in [2.45, 2.75) is 25.0 Å². The number of aliphatic hydroxyl groups is 2. The largest absolute Gasteiger partial charge is 0.497 e. The maximum Gasteiger partial charge on any atom is 0.155 e. The van der Waals surface area contributed by atoms with Crippen molar-refractivity contribution >= 4 is 0 Å². The first-order chi connectivity index (χ1) is 10.6. The Morgan fingerprint density at radius 1 is 1.23 bits per heavy atom. The number of rotatable bonds is 4. The lowest BCUT2D eigenvalue weighted by molar-refractivity contribution is -0.0849. The molecule has 0 saturated carbocycles. The monoisotopic (exact) mass is 300 g/mol. The highest BCUT2D eigenvalue weighted by Crippen LogP contribution is 2.43. The maximum absolute atomic E-state index is 10.8. The van der Waals surface area contributed by atoms with Crippen LogP contribution in [0, 0.1) is 6.92 Å².